The van der Waals surface area contributed by atoms with Crippen LogP contribution in [0.5, 0.6) is 0 Å². The normalized spacial score (nSPS) is 12.8. The quantitative estimate of drug-likeness (QED) is 0.643. The van der Waals surface area contributed by atoms with Crippen molar-refractivity contribution in [3.05, 3.63) is 53.7 Å². The topological polar surface area (TPSA) is 42.0 Å². The third kappa shape index (κ3) is 4.67. The molecule has 0 saturated heterocycles. The van der Waals surface area contributed by atoms with E-state index in [9.17, 15) is 26.7 Å². The predicted molar refractivity (Wildman–Crippen MR) is 79.5 cm³/mol. The molecular weight excluding hydrogens is 351 g/mol. The molecule has 1 atom stereocenters. The van der Waals surface area contributed by atoms with Gasteiger partial charge in [-0.25, -0.2) is 13.8 Å². The molecule has 1 aromatic heterocycles. The fraction of sp³-hybridized carbons (Fsp3) is 0.200. The number of anilines is 1. The highest BCUT2D eigenvalue weighted by atomic mass is 32.2. The summed E-state index contributed by atoms with van der Waals surface area (Å²) in [6.07, 6.45) is -3.80. The molecule has 0 aliphatic carbocycles. The number of carbonyl (C=O) groups excluding carboxylic acids is 1. The Morgan fingerprint density at radius 2 is 1.88 bits per heavy atom. The maximum absolute atomic E-state index is 13.1. The third-order valence-electron chi connectivity index (χ3n) is 2.92. The van der Waals surface area contributed by atoms with Crippen LogP contribution in [0.1, 0.15) is 12.5 Å². The van der Waals surface area contributed by atoms with Gasteiger partial charge in [0.15, 0.2) is 11.6 Å². The van der Waals surface area contributed by atoms with Crippen LogP contribution in [-0.4, -0.2) is 16.1 Å². The molecule has 1 amide bonds. The lowest BCUT2D eigenvalue weighted by Gasteiger charge is -2.12. The van der Waals surface area contributed by atoms with Gasteiger partial charge in [-0.15, -0.1) is 0 Å². The Bertz CT molecular complexity index is 734. The molecule has 1 N–H and O–H groups in total. The van der Waals surface area contributed by atoms with Crippen molar-refractivity contribution in [2.45, 2.75) is 23.4 Å². The Balaban J connectivity index is 1.99. The summed E-state index contributed by atoms with van der Waals surface area (Å²) in [5.41, 5.74) is -0.808. The molecule has 24 heavy (non-hydrogen) atoms. The van der Waals surface area contributed by atoms with E-state index in [0.29, 0.717) is 6.20 Å². The zero-order valence-corrected chi connectivity index (χ0v) is 13.0. The monoisotopic (exact) mass is 362 g/mol. The van der Waals surface area contributed by atoms with Crippen molar-refractivity contribution in [2.75, 3.05) is 5.32 Å². The number of carbonyl (C=O) groups is 1. The summed E-state index contributed by atoms with van der Waals surface area (Å²) in [6.45, 7) is 1.51. The lowest BCUT2D eigenvalue weighted by Crippen LogP contribution is -2.22. The number of alkyl halides is 3. The molecule has 128 valence electrons. The lowest BCUT2D eigenvalue weighted by molar-refractivity contribution is -0.137. The summed E-state index contributed by atoms with van der Waals surface area (Å²) in [5, 5.41) is 1.92. The van der Waals surface area contributed by atoms with Crippen molar-refractivity contribution in [3.63, 3.8) is 0 Å². The summed E-state index contributed by atoms with van der Waals surface area (Å²) >= 11 is 0.939. The highest BCUT2D eigenvalue weighted by Crippen LogP contribution is 2.30. The van der Waals surface area contributed by atoms with Crippen molar-refractivity contribution < 1.29 is 26.7 Å². The van der Waals surface area contributed by atoms with Crippen LogP contribution in [0.25, 0.3) is 0 Å². The number of amides is 1. The predicted octanol–water partition coefficient (Wildman–Crippen LogP) is 4.50. The molecule has 9 heteroatoms. The van der Waals surface area contributed by atoms with Gasteiger partial charge >= 0.3 is 6.18 Å². The number of thioether (sulfide) groups is 1. The van der Waals surface area contributed by atoms with E-state index < -0.39 is 34.5 Å². The van der Waals surface area contributed by atoms with Crippen LogP contribution in [-0.2, 0) is 11.0 Å². The molecule has 0 fully saturated rings. The van der Waals surface area contributed by atoms with Gasteiger partial charge in [0.05, 0.1) is 15.8 Å². The summed E-state index contributed by atoms with van der Waals surface area (Å²) in [7, 11) is 0. The maximum Gasteiger partial charge on any atom is 0.417 e. The Hall–Kier alpha value is -2.16. The van der Waals surface area contributed by atoms with Gasteiger partial charge in [-0.1, -0.05) is 11.8 Å². The highest BCUT2D eigenvalue weighted by Gasteiger charge is 2.30. The van der Waals surface area contributed by atoms with Gasteiger partial charge in [0.2, 0.25) is 5.91 Å². The zero-order chi connectivity index (χ0) is 17.9. The van der Waals surface area contributed by atoms with Gasteiger partial charge in [-0.3, -0.25) is 4.79 Å². The van der Waals surface area contributed by atoms with Crippen molar-refractivity contribution in [1.29, 1.82) is 0 Å². The van der Waals surface area contributed by atoms with E-state index in [1.807, 2.05) is 0 Å². The van der Waals surface area contributed by atoms with Crippen molar-refractivity contribution in [3.8, 4) is 0 Å². The number of pyridine rings is 1. The van der Waals surface area contributed by atoms with Crippen LogP contribution in [0, 0.1) is 11.6 Å². The molecule has 0 saturated carbocycles. The second kappa shape index (κ2) is 7.16. The molecule has 0 radical (unpaired) electrons. The second-order valence-electron chi connectivity index (χ2n) is 4.76. The average Bonchev–Trinajstić information content (AvgIpc) is 2.50. The number of benzene rings is 1. The summed E-state index contributed by atoms with van der Waals surface area (Å²) < 4.78 is 63.2. The second-order valence-corrected chi connectivity index (χ2v) is 6.12. The van der Waals surface area contributed by atoms with E-state index in [-0.39, 0.29) is 10.7 Å². The molecule has 0 aliphatic heterocycles. The first kappa shape index (κ1) is 18.2. The van der Waals surface area contributed by atoms with Crippen molar-refractivity contribution in [1.82, 2.24) is 4.98 Å². The maximum atomic E-state index is 13.1. The molecule has 3 nitrogen and oxygen atoms in total. The number of aromatic nitrogens is 1. The van der Waals surface area contributed by atoms with Crippen LogP contribution in [0.15, 0.2) is 41.6 Å². The van der Waals surface area contributed by atoms with Crippen LogP contribution in [0.4, 0.5) is 27.6 Å². The smallest absolute Gasteiger partial charge is 0.325 e. The van der Waals surface area contributed by atoms with Gasteiger partial charge in [-0.05, 0) is 31.2 Å². The van der Waals surface area contributed by atoms with Gasteiger partial charge < -0.3 is 5.32 Å². The molecule has 2 aromatic rings. The Kier molecular flexibility index (Phi) is 5.43. The van der Waals surface area contributed by atoms with Crippen LogP contribution >= 0.6 is 11.8 Å². The van der Waals surface area contributed by atoms with Crippen LogP contribution in [0.3, 0.4) is 0 Å². The Morgan fingerprint density at radius 1 is 1.17 bits per heavy atom. The molecule has 0 bridgehead atoms. The minimum atomic E-state index is -4.48. The Labute approximate surface area is 138 Å². The fourth-order valence-corrected chi connectivity index (χ4v) is 2.46. The standard InChI is InChI=1S/C15H11F5N2OS/c1-8(14(23)22-10-3-4-11(16)12(17)6-10)24-13-5-2-9(7-21-13)15(18,19)20/h2-8H,1H3,(H,22,23). The molecule has 1 aromatic carbocycles. The Morgan fingerprint density at radius 3 is 2.42 bits per heavy atom. The van der Waals surface area contributed by atoms with E-state index in [4.69, 9.17) is 0 Å². The average molecular weight is 362 g/mol. The molecule has 1 unspecified atom stereocenters. The summed E-state index contributed by atoms with van der Waals surface area (Å²) in [4.78, 5) is 15.6. The van der Waals surface area contributed by atoms with Gasteiger partial charge in [0, 0.05) is 18.0 Å². The summed E-state index contributed by atoms with van der Waals surface area (Å²) in [5.74, 6) is -2.66. The minimum absolute atomic E-state index is 0.0757. The largest absolute Gasteiger partial charge is 0.417 e. The zero-order valence-electron chi connectivity index (χ0n) is 12.2. The van der Waals surface area contributed by atoms with E-state index in [1.165, 1.54) is 13.0 Å². The van der Waals surface area contributed by atoms with Gasteiger partial charge in [-0.2, -0.15) is 13.2 Å². The lowest BCUT2D eigenvalue weighted by atomic mass is 10.3. The summed E-state index contributed by atoms with van der Waals surface area (Å²) in [6, 6.07) is 4.94. The van der Waals surface area contributed by atoms with E-state index >= 15 is 0 Å². The van der Waals surface area contributed by atoms with Crippen molar-refractivity contribution in [2.24, 2.45) is 0 Å². The van der Waals surface area contributed by atoms with Crippen LogP contribution in [0.2, 0.25) is 0 Å². The number of hydrogen-bond acceptors (Lipinski definition) is 3. The number of rotatable bonds is 4. The first-order valence-electron chi connectivity index (χ1n) is 6.62. The minimum Gasteiger partial charge on any atom is -0.325 e. The number of halogens is 5. The number of nitrogens with one attached hydrogen (secondary N) is 1. The first-order valence-corrected chi connectivity index (χ1v) is 7.50. The van der Waals surface area contributed by atoms with E-state index in [1.54, 1.807) is 0 Å². The van der Waals surface area contributed by atoms with Crippen LogP contribution < -0.4 is 5.32 Å². The van der Waals surface area contributed by atoms with Gasteiger partial charge in [0.25, 0.3) is 0 Å². The number of hydrogen-bond donors (Lipinski definition) is 1. The van der Waals surface area contributed by atoms with E-state index in [0.717, 1.165) is 36.0 Å². The first-order chi connectivity index (χ1) is 11.2. The molecule has 1 heterocycles. The number of nitrogens with zero attached hydrogens (tertiary/aromatic N) is 1. The molecule has 0 spiro atoms. The third-order valence-corrected chi connectivity index (χ3v) is 3.97. The highest BCUT2D eigenvalue weighted by molar-refractivity contribution is 8.00. The fourth-order valence-electron chi connectivity index (χ4n) is 1.67. The SMILES string of the molecule is CC(Sc1ccc(C(F)(F)F)cn1)C(=O)Nc1ccc(F)c(F)c1. The molecular formula is C15H11F5N2OS. The molecule has 2 rings (SSSR count). The molecule has 0 aliphatic rings. The van der Waals surface area contributed by atoms with Gasteiger partial charge in [0.1, 0.15) is 0 Å². The van der Waals surface area contributed by atoms with E-state index in [2.05, 4.69) is 10.3 Å². The van der Waals surface area contributed by atoms with Crippen molar-refractivity contribution >= 4 is 23.4 Å².